The van der Waals surface area contributed by atoms with Gasteiger partial charge in [0.05, 0.1) is 23.9 Å². The van der Waals surface area contributed by atoms with Crippen molar-refractivity contribution in [2.24, 2.45) is 0 Å². The fourth-order valence-electron chi connectivity index (χ4n) is 3.68. The summed E-state index contributed by atoms with van der Waals surface area (Å²) in [5.74, 6) is 0. The first kappa shape index (κ1) is 19.9. The van der Waals surface area contributed by atoms with Crippen LogP contribution in [0.5, 0.6) is 0 Å². The van der Waals surface area contributed by atoms with Crippen molar-refractivity contribution >= 4 is 22.5 Å². The second-order valence-corrected chi connectivity index (χ2v) is 7.76. The van der Waals surface area contributed by atoms with Crippen molar-refractivity contribution in [2.75, 3.05) is 26.3 Å². The third kappa shape index (κ3) is 4.15. The van der Waals surface area contributed by atoms with E-state index < -0.39 is 0 Å². The summed E-state index contributed by atoms with van der Waals surface area (Å²) >= 11 is 6.60. The SMILES string of the molecule is C/C=C/Cn1cc(-c2cnc(CN3CCOCC3)c(Cl)c2)c2cc(C)[nH]c2c1=O. The number of aromatic nitrogens is 3. The number of hydrogen-bond donors (Lipinski definition) is 1. The zero-order valence-electron chi connectivity index (χ0n) is 16.7. The van der Waals surface area contributed by atoms with Crippen LogP contribution < -0.4 is 5.56 Å². The molecule has 3 aromatic rings. The van der Waals surface area contributed by atoms with Gasteiger partial charge in [-0.1, -0.05) is 23.8 Å². The second kappa shape index (κ2) is 8.53. The maximum Gasteiger partial charge on any atom is 0.275 e. The molecule has 0 atom stereocenters. The first-order chi connectivity index (χ1) is 14.1. The summed E-state index contributed by atoms with van der Waals surface area (Å²) < 4.78 is 7.12. The summed E-state index contributed by atoms with van der Waals surface area (Å²) in [6, 6.07) is 3.95. The Kier molecular flexibility index (Phi) is 5.85. The molecule has 0 unspecified atom stereocenters. The molecule has 0 aliphatic carbocycles. The topological polar surface area (TPSA) is 63.1 Å². The number of fused-ring (bicyclic) bond motifs is 1. The highest BCUT2D eigenvalue weighted by atomic mass is 35.5. The van der Waals surface area contributed by atoms with Crippen LogP contribution in [-0.2, 0) is 17.8 Å². The summed E-state index contributed by atoms with van der Waals surface area (Å²) in [7, 11) is 0. The molecule has 0 saturated carbocycles. The lowest BCUT2D eigenvalue weighted by Gasteiger charge is -2.26. The number of nitrogens with one attached hydrogen (secondary N) is 1. The number of pyridine rings is 2. The Hall–Kier alpha value is -2.41. The molecule has 1 fully saturated rings. The standard InChI is InChI=1S/C22H25ClN4O2/c1-3-4-5-27-13-18(17-10-15(2)25-21(17)22(27)28)16-11-19(23)20(24-12-16)14-26-6-8-29-9-7-26/h3-4,10-13,25H,5-9,14H2,1-2H3/b4-3+. The predicted molar refractivity (Wildman–Crippen MR) is 116 cm³/mol. The molecule has 0 spiro atoms. The van der Waals surface area contributed by atoms with Gasteiger partial charge in [-0.25, -0.2) is 0 Å². The molecule has 4 heterocycles. The summed E-state index contributed by atoms with van der Waals surface area (Å²) in [6.07, 6.45) is 7.65. The molecule has 3 aromatic heterocycles. The highest BCUT2D eigenvalue weighted by Crippen LogP contribution is 2.30. The molecule has 6 nitrogen and oxygen atoms in total. The van der Waals surface area contributed by atoms with Crippen molar-refractivity contribution in [3.05, 3.63) is 63.4 Å². The van der Waals surface area contributed by atoms with Crippen LogP contribution in [-0.4, -0.2) is 45.7 Å². The van der Waals surface area contributed by atoms with Crippen LogP contribution in [0.4, 0.5) is 0 Å². The van der Waals surface area contributed by atoms with Crippen molar-refractivity contribution < 1.29 is 4.74 Å². The summed E-state index contributed by atoms with van der Waals surface area (Å²) in [4.78, 5) is 23.0. The molecular formula is C22H25ClN4O2. The van der Waals surface area contributed by atoms with Gasteiger partial charge in [0.25, 0.3) is 5.56 Å². The fraction of sp³-hybridized carbons (Fsp3) is 0.364. The number of rotatable bonds is 5. The highest BCUT2D eigenvalue weighted by molar-refractivity contribution is 6.31. The number of hydrogen-bond acceptors (Lipinski definition) is 4. The van der Waals surface area contributed by atoms with Gasteiger partial charge < -0.3 is 14.3 Å². The van der Waals surface area contributed by atoms with Crippen LogP contribution in [0.15, 0.2) is 41.5 Å². The third-order valence-corrected chi connectivity index (χ3v) is 5.57. The van der Waals surface area contributed by atoms with Gasteiger partial charge in [-0.3, -0.25) is 14.7 Å². The molecule has 0 bridgehead atoms. The van der Waals surface area contributed by atoms with Crippen LogP contribution in [0.3, 0.4) is 0 Å². The normalized spacial score (nSPS) is 15.6. The molecule has 29 heavy (non-hydrogen) atoms. The summed E-state index contributed by atoms with van der Waals surface area (Å²) in [5.41, 5.74) is 4.24. The van der Waals surface area contributed by atoms with Crippen molar-refractivity contribution in [3.8, 4) is 11.1 Å². The number of aromatic amines is 1. The minimum Gasteiger partial charge on any atom is -0.379 e. The number of ether oxygens (including phenoxy) is 1. The first-order valence-electron chi connectivity index (χ1n) is 9.85. The van der Waals surface area contributed by atoms with E-state index in [9.17, 15) is 4.79 Å². The Morgan fingerprint density at radius 3 is 2.83 bits per heavy atom. The molecule has 1 aliphatic rings. The molecule has 1 saturated heterocycles. The van der Waals surface area contributed by atoms with Crippen LogP contribution in [0.2, 0.25) is 5.02 Å². The average molecular weight is 413 g/mol. The quantitative estimate of drug-likeness (QED) is 0.648. The monoisotopic (exact) mass is 412 g/mol. The van der Waals surface area contributed by atoms with Crippen LogP contribution in [0.25, 0.3) is 22.0 Å². The molecule has 0 aromatic carbocycles. The maximum absolute atomic E-state index is 12.8. The third-order valence-electron chi connectivity index (χ3n) is 5.25. The van der Waals surface area contributed by atoms with E-state index in [-0.39, 0.29) is 5.56 Å². The Morgan fingerprint density at radius 1 is 1.31 bits per heavy atom. The summed E-state index contributed by atoms with van der Waals surface area (Å²) in [6.45, 7) is 8.39. The minimum atomic E-state index is -0.0297. The Morgan fingerprint density at radius 2 is 2.10 bits per heavy atom. The first-order valence-corrected chi connectivity index (χ1v) is 10.2. The second-order valence-electron chi connectivity index (χ2n) is 7.35. The summed E-state index contributed by atoms with van der Waals surface area (Å²) in [5, 5.41) is 1.53. The Labute approximate surface area is 174 Å². The number of halogens is 1. The number of morpholine rings is 1. The number of aryl methyl sites for hydroxylation is 1. The molecule has 1 N–H and O–H groups in total. The highest BCUT2D eigenvalue weighted by Gasteiger charge is 2.16. The van der Waals surface area contributed by atoms with E-state index in [0.717, 1.165) is 54.2 Å². The minimum absolute atomic E-state index is 0.0297. The van der Waals surface area contributed by atoms with Crippen LogP contribution in [0.1, 0.15) is 18.3 Å². The van der Waals surface area contributed by atoms with Gasteiger partial charge in [0.15, 0.2) is 0 Å². The van der Waals surface area contributed by atoms with E-state index >= 15 is 0 Å². The van der Waals surface area contributed by atoms with Gasteiger partial charge in [-0.15, -0.1) is 0 Å². The zero-order valence-corrected chi connectivity index (χ0v) is 17.5. The lowest BCUT2D eigenvalue weighted by Crippen LogP contribution is -2.35. The van der Waals surface area contributed by atoms with E-state index in [4.69, 9.17) is 16.3 Å². The maximum atomic E-state index is 12.8. The molecule has 4 rings (SSSR count). The molecule has 1 aliphatic heterocycles. The van der Waals surface area contributed by atoms with E-state index in [1.807, 2.05) is 50.5 Å². The largest absolute Gasteiger partial charge is 0.379 e. The number of H-pyrrole nitrogens is 1. The Balaban J connectivity index is 1.74. The van der Waals surface area contributed by atoms with Crippen LogP contribution >= 0.6 is 11.6 Å². The zero-order chi connectivity index (χ0) is 20.4. The fourth-order valence-corrected chi connectivity index (χ4v) is 3.91. The van der Waals surface area contributed by atoms with Gasteiger partial charge >= 0.3 is 0 Å². The van der Waals surface area contributed by atoms with Crippen molar-refractivity contribution in [1.29, 1.82) is 0 Å². The van der Waals surface area contributed by atoms with Gasteiger partial charge in [0, 0.05) is 60.8 Å². The van der Waals surface area contributed by atoms with Gasteiger partial charge in [-0.05, 0) is 26.0 Å². The average Bonchev–Trinajstić information content (AvgIpc) is 3.12. The van der Waals surface area contributed by atoms with Gasteiger partial charge in [0.1, 0.15) is 5.52 Å². The lowest BCUT2D eigenvalue weighted by atomic mass is 10.0. The van der Waals surface area contributed by atoms with E-state index in [0.29, 0.717) is 23.6 Å². The predicted octanol–water partition coefficient (Wildman–Crippen LogP) is 3.76. The molecule has 0 radical (unpaired) electrons. The van der Waals surface area contributed by atoms with Crippen molar-refractivity contribution in [1.82, 2.24) is 19.4 Å². The molecule has 152 valence electrons. The van der Waals surface area contributed by atoms with Gasteiger partial charge in [-0.2, -0.15) is 0 Å². The number of nitrogens with zero attached hydrogens (tertiary/aromatic N) is 3. The van der Waals surface area contributed by atoms with Crippen molar-refractivity contribution in [3.63, 3.8) is 0 Å². The van der Waals surface area contributed by atoms with E-state index in [1.54, 1.807) is 4.57 Å². The lowest BCUT2D eigenvalue weighted by molar-refractivity contribution is 0.0336. The number of allylic oxidation sites excluding steroid dienone is 2. The van der Waals surface area contributed by atoms with E-state index in [2.05, 4.69) is 14.9 Å². The smallest absolute Gasteiger partial charge is 0.275 e. The van der Waals surface area contributed by atoms with Crippen molar-refractivity contribution in [2.45, 2.75) is 26.9 Å². The van der Waals surface area contributed by atoms with Crippen LogP contribution in [0, 0.1) is 6.92 Å². The molecule has 7 heteroatoms. The molecular weight excluding hydrogens is 388 g/mol. The Bertz CT molecular complexity index is 1110. The van der Waals surface area contributed by atoms with Gasteiger partial charge in [0.2, 0.25) is 0 Å². The van der Waals surface area contributed by atoms with E-state index in [1.165, 1.54) is 0 Å². The molecule has 0 amide bonds.